The number of unbranched alkanes of at least 4 members (excludes halogenated alkanes) is 56. The minimum Gasteiger partial charge on any atom is -0.462 e. The van der Waals surface area contributed by atoms with Crippen LogP contribution in [0.3, 0.4) is 0 Å². The number of phosphoric acid groups is 2. The van der Waals surface area contributed by atoms with Crippen molar-refractivity contribution in [2.75, 3.05) is 39.6 Å². The fourth-order valence-electron chi connectivity index (χ4n) is 13.6. The Labute approximate surface area is 651 Å². The molecule has 0 aromatic carbocycles. The number of rotatable bonds is 86. The molecule has 0 aliphatic heterocycles. The lowest BCUT2D eigenvalue weighted by Crippen LogP contribution is -2.30. The lowest BCUT2D eigenvalue weighted by Gasteiger charge is -2.21. The lowest BCUT2D eigenvalue weighted by molar-refractivity contribution is -0.161. The van der Waals surface area contributed by atoms with Gasteiger partial charge in [0.25, 0.3) is 0 Å². The molecule has 0 spiro atoms. The predicted molar refractivity (Wildman–Crippen MR) is 437 cm³/mol. The summed E-state index contributed by atoms with van der Waals surface area (Å²) in [5, 5.41) is 10.7. The SMILES string of the molecule is CCCCCCCCCCCCCCCCCC(=O)O[C@H](COC(=O)CCCCCCCCCCCCCCC)COP(=O)(O)OC[C@H](O)COP(=O)(O)OC[C@@H](COC(=O)CCCCCCCCCCCCCCCCCCC(C)C)OC(=O)CCCCCCCCCCCCCCCCCCC(C)C. The molecule has 0 heterocycles. The van der Waals surface area contributed by atoms with E-state index in [0.717, 1.165) is 102 Å². The molecular weight excluding hydrogens is 1380 g/mol. The number of hydrogen-bond donors (Lipinski definition) is 3. The van der Waals surface area contributed by atoms with Crippen LogP contribution in [-0.2, 0) is 65.4 Å². The van der Waals surface area contributed by atoms with Gasteiger partial charge in [0, 0.05) is 25.7 Å². The lowest BCUT2D eigenvalue weighted by atomic mass is 10.0. The highest BCUT2D eigenvalue weighted by atomic mass is 31.2. The van der Waals surface area contributed by atoms with Crippen LogP contribution in [0.15, 0.2) is 0 Å². The van der Waals surface area contributed by atoms with Crippen LogP contribution in [0.25, 0.3) is 0 Å². The fraction of sp³-hybridized carbons (Fsp3) is 0.954. The van der Waals surface area contributed by atoms with Crippen molar-refractivity contribution in [3.8, 4) is 0 Å². The highest BCUT2D eigenvalue weighted by molar-refractivity contribution is 7.47. The maximum absolute atomic E-state index is 13.2. The second-order valence-electron chi connectivity index (χ2n) is 32.2. The van der Waals surface area contributed by atoms with Gasteiger partial charge in [-0.1, -0.05) is 414 Å². The molecule has 0 aromatic rings. The number of phosphoric ester groups is 2. The van der Waals surface area contributed by atoms with Gasteiger partial charge in [0.15, 0.2) is 12.2 Å². The normalized spacial score (nSPS) is 13.8. The Morgan fingerprint density at radius 3 is 0.642 bits per heavy atom. The molecule has 0 radical (unpaired) electrons. The van der Waals surface area contributed by atoms with Gasteiger partial charge in [-0.25, -0.2) is 9.13 Å². The number of aliphatic hydroxyl groups excluding tert-OH is 1. The highest BCUT2D eigenvalue weighted by Gasteiger charge is 2.30. The molecule has 0 aliphatic carbocycles. The molecule has 106 heavy (non-hydrogen) atoms. The number of esters is 4. The van der Waals surface area contributed by atoms with Crippen LogP contribution in [0.5, 0.6) is 0 Å². The standard InChI is InChI=1S/C87H170O17P2/c1-7-9-11-13-15-17-19-21-26-35-41-47-53-59-65-71-86(91)103-82(75-97-84(89)69-63-57-51-45-39-31-20-18-16-14-12-10-8-2)77-101-105(93,94)99-73-81(88)74-100-106(95,96)102-78-83(104-87(92)72-66-60-54-48-42-36-30-25-23-28-33-38-44-50-56-62-68-80(5)6)76-98-85(90)70-64-58-52-46-40-34-29-24-22-27-32-37-43-49-55-61-67-79(3)4/h79-83,88H,7-78H2,1-6H3,(H,93,94)(H,95,96)/t81-,82+,83+/m0/s1. The summed E-state index contributed by atoms with van der Waals surface area (Å²) in [5.41, 5.74) is 0. The quantitative estimate of drug-likeness (QED) is 0.0222. The fourth-order valence-corrected chi connectivity index (χ4v) is 15.2. The van der Waals surface area contributed by atoms with Gasteiger partial charge in [-0.05, 0) is 37.5 Å². The molecule has 17 nitrogen and oxygen atoms in total. The summed E-state index contributed by atoms with van der Waals surface area (Å²) in [6.07, 6.45) is 70.6. The van der Waals surface area contributed by atoms with Crippen molar-refractivity contribution in [1.82, 2.24) is 0 Å². The number of carbonyl (C=O) groups excluding carboxylic acids is 4. The third-order valence-electron chi connectivity index (χ3n) is 20.5. The molecule has 0 saturated heterocycles. The largest absolute Gasteiger partial charge is 0.472 e. The van der Waals surface area contributed by atoms with E-state index in [1.54, 1.807) is 0 Å². The van der Waals surface area contributed by atoms with Crippen molar-refractivity contribution in [3.63, 3.8) is 0 Å². The van der Waals surface area contributed by atoms with Crippen LogP contribution in [0.2, 0.25) is 0 Å². The minimum absolute atomic E-state index is 0.109. The molecule has 2 unspecified atom stereocenters. The second kappa shape index (κ2) is 78.3. The Balaban J connectivity index is 5.26. The van der Waals surface area contributed by atoms with Gasteiger partial charge in [0.1, 0.15) is 19.3 Å². The molecule has 3 N–H and O–H groups in total. The van der Waals surface area contributed by atoms with Crippen molar-refractivity contribution in [2.45, 2.75) is 484 Å². The van der Waals surface area contributed by atoms with Gasteiger partial charge in [-0.3, -0.25) is 37.3 Å². The summed E-state index contributed by atoms with van der Waals surface area (Å²) in [6, 6.07) is 0. The Kier molecular flexibility index (Phi) is 76.9. The predicted octanol–water partition coefficient (Wildman–Crippen LogP) is 26.6. The zero-order valence-electron chi connectivity index (χ0n) is 69.7. The summed E-state index contributed by atoms with van der Waals surface area (Å²) < 4.78 is 69.0. The third kappa shape index (κ3) is 80.1. The van der Waals surface area contributed by atoms with E-state index in [1.165, 1.54) is 283 Å². The monoisotopic (exact) mass is 1550 g/mol. The number of hydrogen-bond acceptors (Lipinski definition) is 15. The Hall–Kier alpha value is -1.94. The number of ether oxygens (including phenoxy) is 4. The molecule has 0 aromatic heterocycles. The van der Waals surface area contributed by atoms with Gasteiger partial charge in [0.2, 0.25) is 0 Å². The van der Waals surface area contributed by atoms with Gasteiger partial charge >= 0.3 is 39.5 Å². The van der Waals surface area contributed by atoms with Crippen molar-refractivity contribution in [3.05, 3.63) is 0 Å². The molecule has 5 atom stereocenters. The molecule has 630 valence electrons. The van der Waals surface area contributed by atoms with E-state index in [9.17, 15) is 43.2 Å². The average molecular weight is 1550 g/mol. The first-order chi connectivity index (χ1) is 51.4. The summed E-state index contributed by atoms with van der Waals surface area (Å²) in [5.74, 6) is -0.475. The van der Waals surface area contributed by atoms with Crippen LogP contribution < -0.4 is 0 Å². The molecule has 0 aliphatic rings. The summed E-state index contributed by atoms with van der Waals surface area (Å²) in [4.78, 5) is 73.3. The van der Waals surface area contributed by atoms with Gasteiger partial charge < -0.3 is 33.8 Å². The van der Waals surface area contributed by atoms with Crippen LogP contribution in [0.4, 0.5) is 0 Å². The summed E-state index contributed by atoms with van der Waals surface area (Å²) >= 11 is 0. The van der Waals surface area contributed by atoms with Crippen LogP contribution >= 0.6 is 15.6 Å². The molecule has 0 saturated carbocycles. The Bertz CT molecular complexity index is 2030. The number of carbonyl (C=O) groups is 4. The minimum atomic E-state index is -4.97. The first-order valence-corrected chi connectivity index (χ1v) is 48.0. The Morgan fingerprint density at radius 2 is 0.434 bits per heavy atom. The van der Waals surface area contributed by atoms with E-state index < -0.39 is 97.5 Å². The first kappa shape index (κ1) is 104. The molecule has 0 rings (SSSR count). The van der Waals surface area contributed by atoms with Crippen molar-refractivity contribution < 1.29 is 80.2 Å². The topological polar surface area (TPSA) is 237 Å². The van der Waals surface area contributed by atoms with Gasteiger partial charge in [-0.15, -0.1) is 0 Å². The van der Waals surface area contributed by atoms with Crippen LogP contribution in [0, 0.1) is 11.8 Å². The van der Waals surface area contributed by atoms with E-state index in [4.69, 9.17) is 37.0 Å². The first-order valence-electron chi connectivity index (χ1n) is 45.0. The van der Waals surface area contributed by atoms with Gasteiger partial charge in [-0.2, -0.15) is 0 Å². The molecule has 19 heteroatoms. The highest BCUT2D eigenvalue weighted by Crippen LogP contribution is 2.45. The van der Waals surface area contributed by atoms with E-state index in [2.05, 4.69) is 41.5 Å². The van der Waals surface area contributed by atoms with Crippen molar-refractivity contribution >= 4 is 39.5 Å². The van der Waals surface area contributed by atoms with E-state index >= 15 is 0 Å². The van der Waals surface area contributed by atoms with Crippen molar-refractivity contribution in [1.29, 1.82) is 0 Å². The molecule has 0 amide bonds. The third-order valence-corrected chi connectivity index (χ3v) is 22.4. The summed E-state index contributed by atoms with van der Waals surface area (Å²) in [7, 11) is -9.93. The summed E-state index contributed by atoms with van der Waals surface area (Å²) in [6.45, 7) is 9.75. The number of aliphatic hydroxyl groups is 1. The maximum Gasteiger partial charge on any atom is 0.472 e. The van der Waals surface area contributed by atoms with E-state index in [1.807, 2.05) is 0 Å². The molecular formula is C87H170O17P2. The Morgan fingerprint density at radius 1 is 0.255 bits per heavy atom. The van der Waals surface area contributed by atoms with Crippen LogP contribution in [-0.4, -0.2) is 96.7 Å². The molecule has 0 fully saturated rings. The average Bonchev–Trinajstić information content (AvgIpc) is 0.899. The van der Waals surface area contributed by atoms with E-state index in [-0.39, 0.29) is 25.7 Å². The second-order valence-corrected chi connectivity index (χ2v) is 35.1. The van der Waals surface area contributed by atoms with Crippen LogP contribution in [0.1, 0.15) is 465 Å². The van der Waals surface area contributed by atoms with Gasteiger partial charge in [0.05, 0.1) is 26.4 Å². The van der Waals surface area contributed by atoms with Crippen molar-refractivity contribution in [2.24, 2.45) is 11.8 Å². The zero-order valence-corrected chi connectivity index (χ0v) is 71.5. The maximum atomic E-state index is 13.2. The zero-order chi connectivity index (χ0) is 77.8. The smallest absolute Gasteiger partial charge is 0.462 e. The molecule has 0 bridgehead atoms. The van der Waals surface area contributed by atoms with E-state index in [0.29, 0.717) is 25.7 Å².